The van der Waals surface area contributed by atoms with E-state index in [4.69, 9.17) is 5.11 Å². The smallest absolute Gasteiger partial charge is 0.337 e. The average Bonchev–Trinajstić information content (AvgIpc) is 2.28. The number of hydrogen-bond acceptors (Lipinski definition) is 4. The Morgan fingerprint density at radius 1 is 1.50 bits per heavy atom. The van der Waals surface area contributed by atoms with E-state index in [0.29, 0.717) is 0 Å². The van der Waals surface area contributed by atoms with E-state index in [1.807, 2.05) is 0 Å². The van der Waals surface area contributed by atoms with E-state index in [9.17, 15) is 13.2 Å². The fourth-order valence-electron chi connectivity index (χ4n) is 1.03. The number of sulfonamides is 1. The van der Waals surface area contributed by atoms with Crippen LogP contribution in [0.5, 0.6) is 0 Å². The lowest BCUT2D eigenvalue weighted by Crippen LogP contribution is -2.28. The first-order valence-corrected chi connectivity index (χ1v) is 6.15. The standard InChI is InChI=1S/C9H12N2O4S/c1-3-16(14,15)11(2)8-5-4-7(6-10-8)9(12)13/h4-6H,3H2,1-2H3,(H,12,13). The summed E-state index contributed by atoms with van der Waals surface area (Å²) in [5, 5.41) is 8.65. The van der Waals surface area contributed by atoms with E-state index < -0.39 is 16.0 Å². The maximum Gasteiger partial charge on any atom is 0.337 e. The van der Waals surface area contributed by atoms with Crippen molar-refractivity contribution < 1.29 is 18.3 Å². The summed E-state index contributed by atoms with van der Waals surface area (Å²) in [5.41, 5.74) is 0.0195. The van der Waals surface area contributed by atoms with Gasteiger partial charge in [-0.3, -0.25) is 4.31 Å². The van der Waals surface area contributed by atoms with Crippen molar-refractivity contribution >= 4 is 21.8 Å². The van der Waals surface area contributed by atoms with Crippen LogP contribution in [0.1, 0.15) is 17.3 Å². The van der Waals surface area contributed by atoms with Gasteiger partial charge in [-0.15, -0.1) is 0 Å². The van der Waals surface area contributed by atoms with Crippen LogP contribution >= 0.6 is 0 Å². The molecule has 0 spiro atoms. The first-order valence-electron chi connectivity index (χ1n) is 4.54. The Morgan fingerprint density at radius 2 is 2.12 bits per heavy atom. The lowest BCUT2D eigenvalue weighted by molar-refractivity contribution is 0.0696. The second-order valence-electron chi connectivity index (χ2n) is 3.08. The van der Waals surface area contributed by atoms with Crippen molar-refractivity contribution in [2.75, 3.05) is 17.1 Å². The van der Waals surface area contributed by atoms with Gasteiger partial charge in [0.25, 0.3) is 0 Å². The molecular formula is C9H12N2O4S. The number of aromatic nitrogens is 1. The van der Waals surface area contributed by atoms with E-state index in [0.717, 1.165) is 10.5 Å². The highest BCUT2D eigenvalue weighted by atomic mass is 32.2. The number of rotatable bonds is 4. The molecule has 0 aromatic carbocycles. The van der Waals surface area contributed by atoms with Gasteiger partial charge in [-0.05, 0) is 19.1 Å². The number of pyridine rings is 1. The summed E-state index contributed by atoms with van der Waals surface area (Å²) >= 11 is 0. The maximum absolute atomic E-state index is 11.5. The van der Waals surface area contributed by atoms with Crippen molar-refractivity contribution in [2.45, 2.75) is 6.92 Å². The Kier molecular flexibility index (Phi) is 3.48. The average molecular weight is 244 g/mol. The van der Waals surface area contributed by atoms with Gasteiger partial charge in [-0.25, -0.2) is 18.2 Å². The minimum absolute atomic E-state index is 0.0195. The lowest BCUT2D eigenvalue weighted by atomic mass is 10.3. The largest absolute Gasteiger partial charge is 0.478 e. The predicted octanol–water partition coefficient (Wildman–Crippen LogP) is 0.566. The number of carboxylic acids is 1. The third-order valence-corrected chi connectivity index (χ3v) is 3.85. The van der Waals surface area contributed by atoms with Crippen molar-refractivity contribution in [3.05, 3.63) is 23.9 Å². The second-order valence-corrected chi connectivity index (χ2v) is 5.37. The van der Waals surface area contributed by atoms with Crippen LogP contribution in [0, 0.1) is 0 Å². The number of hydrogen-bond donors (Lipinski definition) is 1. The number of nitrogens with zero attached hydrogens (tertiary/aromatic N) is 2. The Labute approximate surface area is 93.6 Å². The molecule has 0 unspecified atom stereocenters. The number of anilines is 1. The summed E-state index contributed by atoms with van der Waals surface area (Å²) in [6.45, 7) is 1.53. The van der Waals surface area contributed by atoms with Gasteiger partial charge in [0.05, 0.1) is 11.3 Å². The van der Waals surface area contributed by atoms with Gasteiger partial charge >= 0.3 is 5.97 Å². The summed E-state index contributed by atoms with van der Waals surface area (Å²) in [4.78, 5) is 14.3. The topological polar surface area (TPSA) is 87.6 Å². The highest BCUT2D eigenvalue weighted by molar-refractivity contribution is 7.92. The molecule has 1 aromatic rings. The van der Waals surface area contributed by atoms with Gasteiger partial charge in [-0.2, -0.15) is 0 Å². The minimum atomic E-state index is -3.36. The molecule has 1 heterocycles. The Morgan fingerprint density at radius 3 is 2.50 bits per heavy atom. The molecule has 1 N–H and O–H groups in total. The third kappa shape index (κ3) is 2.48. The quantitative estimate of drug-likeness (QED) is 0.836. The molecule has 0 fully saturated rings. The molecule has 6 nitrogen and oxygen atoms in total. The van der Waals surface area contributed by atoms with Crippen molar-refractivity contribution in [1.82, 2.24) is 4.98 Å². The molecule has 0 saturated carbocycles. The van der Waals surface area contributed by atoms with Crippen LogP contribution in [0.4, 0.5) is 5.82 Å². The van der Waals surface area contributed by atoms with Crippen molar-refractivity contribution in [3.63, 3.8) is 0 Å². The lowest BCUT2D eigenvalue weighted by Gasteiger charge is -2.16. The normalized spacial score (nSPS) is 11.1. The third-order valence-electron chi connectivity index (χ3n) is 2.10. The molecule has 1 rings (SSSR count). The van der Waals surface area contributed by atoms with Gasteiger partial charge < -0.3 is 5.11 Å². The summed E-state index contributed by atoms with van der Waals surface area (Å²) in [6, 6.07) is 2.67. The molecule has 0 bridgehead atoms. The fraction of sp³-hybridized carbons (Fsp3) is 0.333. The van der Waals surface area contributed by atoms with E-state index in [2.05, 4.69) is 4.98 Å². The van der Waals surface area contributed by atoms with E-state index in [1.165, 1.54) is 26.1 Å². The molecule has 88 valence electrons. The maximum atomic E-state index is 11.5. The molecule has 0 aliphatic rings. The van der Waals surface area contributed by atoms with Crippen LogP contribution < -0.4 is 4.31 Å². The van der Waals surface area contributed by atoms with Gasteiger partial charge in [0.1, 0.15) is 5.82 Å². The molecule has 0 radical (unpaired) electrons. The molecule has 0 aliphatic heterocycles. The minimum Gasteiger partial charge on any atom is -0.478 e. The Hall–Kier alpha value is -1.63. The zero-order valence-corrected chi connectivity index (χ0v) is 9.73. The fourth-order valence-corrected chi connectivity index (χ4v) is 1.82. The first kappa shape index (κ1) is 12.4. The van der Waals surface area contributed by atoms with Gasteiger partial charge in [0.15, 0.2) is 0 Å². The molecule has 0 saturated heterocycles. The van der Waals surface area contributed by atoms with Crippen LogP contribution in [-0.2, 0) is 10.0 Å². The number of carbonyl (C=O) groups is 1. The second kappa shape index (κ2) is 4.48. The summed E-state index contributed by atoms with van der Waals surface area (Å²) in [5.74, 6) is -0.932. The highest BCUT2D eigenvalue weighted by Gasteiger charge is 2.17. The van der Waals surface area contributed by atoms with Gasteiger partial charge in [-0.1, -0.05) is 0 Å². The van der Waals surface area contributed by atoms with Crippen LogP contribution in [-0.4, -0.2) is 37.3 Å². The summed E-state index contributed by atoms with van der Waals surface area (Å²) in [7, 11) is -1.98. The van der Waals surface area contributed by atoms with E-state index in [1.54, 1.807) is 0 Å². The molecular weight excluding hydrogens is 232 g/mol. The Balaban J connectivity index is 3.03. The molecule has 7 heteroatoms. The Bertz CT molecular complexity index is 481. The predicted molar refractivity (Wildman–Crippen MR) is 59.1 cm³/mol. The molecule has 0 amide bonds. The summed E-state index contributed by atoms with van der Waals surface area (Å²) < 4.78 is 24.0. The van der Waals surface area contributed by atoms with Crippen molar-refractivity contribution in [2.24, 2.45) is 0 Å². The van der Waals surface area contributed by atoms with E-state index >= 15 is 0 Å². The van der Waals surface area contributed by atoms with Gasteiger partial charge in [0.2, 0.25) is 10.0 Å². The SMILES string of the molecule is CCS(=O)(=O)N(C)c1ccc(C(=O)O)cn1. The number of carboxylic acid groups (broad SMARTS) is 1. The zero-order valence-electron chi connectivity index (χ0n) is 8.91. The van der Waals surface area contributed by atoms with Crippen molar-refractivity contribution in [1.29, 1.82) is 0 Å². The monoisotopic (exact) mass is 244 g/mol. The first-order chi connectivity index (χ1) is 7.38. The van der Waals surface area contributed by atoms with Crippen LogP contribution in [0.25, 0.3) is 0 Å². The van der Waals surface area contributed by atoms with Crippen LogP contribution in [0.3, 0.4) is 0 Å². The van der Waals surface area contributed by atoms with Crippen molar-refractivity contribution in [3.8, 4) is 0 Å². The molecule has 0 atom stereocenters. The molecule has 1 aromatic heterocycles. The molecule has 0 aliphatic carbocycles. The highest BCUT2D eigenvalue weighted by Crippen LogP contribution is 2.13. The van der Waals surface area contributed by atoms with E-state index in [-0.39, 0.29) is 17.1 Å². The van der Waals surface area contributed by atoms with Gasteiger partial charge in [0, 0.05) is 13.2 Å². The molecule has 16 heavy (non-hydrogen) atoms. The summed E-state index contributed by atoms with van der Waals surface area (Å²) in [6.07, 6.45) is 1.12. The number of aromatic carboxylic acids is 1. The van der Waals surface area contributed by atoms with Crippen LogP contribution in [0.2, 0.25) is 0 Å². The van der Waals surface area contributed by atoms with Crippen LogP contribution in [0.15, 0.2) is 18.3 Å². The zero-order chi connectivity index (χ0) is 12.3.